The molecule has 0 spiro atoms. The SMILES string of the molecule is C/C=C\C/C=C/C/C=C\CCCC(=O)O[C@H](COC(=O)CCCCCCCCCCCCCCCCC)COP(=O)(O)O[C@@H]1[C@H](O)[C@H](O)[C@@H](OP(=O)(O)O)[C@H](OP(=O)(O)O)[C@H]1O. The summed E-state index contributed by atoms with van der Waals surface area (Å²) < 4.78 is 65.2. The molecule has 0 heterocycles. The molecule has 1 saturated carbocycles. The van der Waals surface area contributed by atoms with E-state index in [1.165, 1.54) is 64.2 Å². The number of esters is 2. The second-order valence-corrected chi connectivity index (χ2v) is 19.1. The molecule has 0 aromatic carbocycles. The number of carbonyl (C=O) groups excluding carboxylic acids is 2. The van der Waals surface area contributed by atoms with Crippen molar-refractivity contribution in [2.45, 2.75) is 191 Å². The molecule has 1 rings (SSSR count). The normalized spacial score (nSPS) is 22.7. The van der Waals surface area contributed by atoms with Crippen LogP contribution in [-0.2, 0) is 50.9 Å². The van der Waals surface area contributed by atoms with E-state index >= 15 is 0 Å². The maximum absolute atomic E-state index is 13.0. The molecule has 0 bridgehead atoms. The van der Waals surface area contributed by atoms with Crippen LogP contribution in [0.15, 0.2) is 36.5 Å². The first kappa shape index (κ1) is 58.4. The maximum Gasteiger partial charge on any atom is 0.472 e. The lowest BCUT2D eigenvalue weighted by molar-refractivity contribution is -0.213. The molecule has 0 aromatic rings. The predicted molar refractivity (Wildman–Crippen MR) is 229 cm³/mol. The molecule has 0 aliphatic heterocycles. The average Bonchev–Trinajstić information content (AvgIpc) is 3.19. The van der Waals surface area contributed by atoms with Gasteiger partial charge in [0, 0.05) is 12.8 Å². The molecule has 0 radical (unpaired) electrons. The fourth-order valence-corrected chi connectivity index (χ4v) is 8.63. The van der Waals surface area contributed by atoms with Gasteiger partial charge in [-0.3, -0.25) is 27.7 Å². The predicted octanol–water partition coefficient (Wildman–Crippen LogP) is 6.90. The molecule has 62 heavy (non-hydrogen) atoms. The highest BCUT2D eigenvalue weighted by atomic mass is 31.2. The summed E-state index contributed by atoms with van der Waals surface area (Å²) in [7, 11) is -16.6. The van der Waals surface area contributed by atoms with E-state index in [9.17, 15) is 63.1 Å². The summed E-state index contributed by atoms with van der Waals surface area (Å²) in [5.74, 6) is -1.36. The summed E-state index contributed by atoms with van der Waals surface area (Å²) in [6.07, 6.45) is 15.2. The zero-order valence-electron chi connectivity index (χ0n) is 36.2. The summed E-state index contributed by atoms with van der Waals surface area (Å²) in [5.41, 5.74) is 0. The number of carbonyl (C=O) groups is 2. The molecular formula is C40H73O19P3. The number of rotatable bonds is 36. The summed E-state index contributed by atoms with van der Waals surface area (Å²) >= 11 is 0. The molecule has 19 nitrogen and oxygen atoms in total. The molecule has 8 atom stereocenters. The minimum atomic E-state index is -5.60. The molecule has 1 aliphatic carbocycles. The first-order chi connectivity index (χ1) is 29.3. The largest absolute Gasteiger partial charge is 0.472 e. The Balaban J connectivity index is 2.77. The molecule has 22 heteroatoms. The van der Waals surface area contributed by atoms with Crippen LogP contribution in [0.3, 0.4) is 0 Å². The quantitative estimate of drug-likeness (QED) is 0.0137. The summed E-state index contributed by atoms with van der Waals surface area (Å²) in [4.78, 5) is 72.9. The standard InChI is InChI=1S/C40H73O19P3/c1-3-5-7-9-11-13-15-16-17-18-19-21-22-24-26-28-33(41)54-30-32(56-34(42)29-27-25-23-20-14-12-10-8-6-4-2)31-55-62(52,53)59-38-35(43)36(44)39(57-60(46,47)48)40(37(38)45)58-61(49,50)51/h4,6,10,12,20,23,32,35-40,43-45H,3,5,7-9,11,13-19,21-22,24-31H2,1-2H3,(H,52,53)(H2,46,47,48)(H2,49,50,51)/b6-4-,12-10+,23-20-/t32-,35-,36+,37+,38-,39-,40-/m1/s1. The summed E-state index contributed by atoms with van der Waals surface area (Å²) in [6.45, 7) is 2.64. The van der Waals surface area contributed by atoms with E-state index < -0.39 is 91.3 Å². The van der Waals surface area contributed by atoms with Gasteiger partial charge in [-0.05, 0) is 39.0 Å². The van der Waals surface area contributed by atoms with Crippen molar-refractivity contribution < 1.29 is 90.6 Å². The van der Waals surface area contributed by atoms with Crippen molar-refractivity contribution in [1.82, 2.24) is 0 Å². The molecule has 1 fully saturated rings. The van der Waals surface area contributed by atoms with E-state index in [-0.39, 0.29) is 12.8 Å². The van der Waals surface area contributed by atoms with Gasteiger partial charge in [0.15, 0.2) is 6.10 Å². The van der Waals surface area contributed by atoms with Gasteiger partial charge in [0.2, 0.25) is 0 Å². The third kappa shape index (κ3) is 29.0. The first-order valence-electron chi connectivity index (χ1n) is 21.7. The average molecular weight is 951 g/mol. The van der Waals surface area contributed by atoms with E-state index in [1.807, 2.05) is 43.4 Å². The van der Waals surface area contributed by atoms with Gasteiger partial charge in [0.25, 0.3) is 0 Å². The van der Waals surface area contributed by atoms with E-state index in [1.54, 1.807) is 0 Å². The maximum atomic E-state index is 13.0. The van der Waals surface area contributed by atoms with E-state index in [0.717, 1.165) is 32.1 Å². The smallest absolute Gasteiger partial charge is 0.462 e. The van der Waals surface area contributed by atoms with Crippen molar-refractivity contribution in [2.24, 2.45) is 0 Å². The van der Waals surface area contributed by atoms with E-state index in [2.05, 4.69) is 16.0 Å². The molecule has 362 valence electrons. The Hall–Kier alpha value is -1.63. The Labute approximate surface area is 366 Å². The van der Waals surface area contributed by atoms with Crippen molar-refractivity contribution in [3.05, 3.63) is 36.5 Å². The second-order valence-electron chi connectivity index (χ2n) is 15.3. The van der Waals surface area contributed by atoms with Crippen LogP contribution in [0.5, 0.6) is 0 Å². The van der Waals surface area contributed by atoms with Gasteiger partial charge in [0.1, 0.15) is 43.2 Å². The van der Waals surface area contributed by atoms with Gasteiger partial charge >= 0.3 is 35.4 Å². The number of ether oxygens (including phenoxy) is 2. The number of aliphatic hydroxyl groups is 3. The summed E-state index contributed by atoms with van der Waals surface area (Å²) in [6, 6.07) is 0. The fourth-order valence-electron chi connectivity index (χ4n) is 6.54. The Morgan fingerprint density at radius 3 is 1.52 bits per heavy atom. The first-order valence-corrected chi connectivity index (χ1v) is 26.3. The molecule has 0 saturated heterocycles. The van der Waals surface area contributed by atoms with Crippen LogP contribution in [0.2, 0.25) is 0 Å². The fraction of sp³-hybridized carbons (Fsp3) is 0.800. The van der Waals surface area contributed by atoms with Crippen LogP contribution >= 0.6 is 23.5 Å². The highest BCUT2D eigenvalue weighted by Crippen LogP contribution is 2.51. The molecule has 0 amide bonds. The van der Waals surface area contributed by atoms with Crippen LogP contribution < -0.4 is 0 Å². The highest BCUT2D eigenvalue weighted by Gasteiger charge is 2.56. The van der Waals surface area contributed by atoms with Crippen LogP contribution in [0.25, 0.3) is 0 Å². The number of aliphatic hydroxyl groups excluding tert-OH is 3. The lowest BCUT2D eigenvalue weighted by Crippen LogP contribution is -2.65. The second kappa shape index (κ2) is 32.9. The van der Waals surface area contributed by atoms with Crippen LogP contribution in [0.4, 0.5) is 0 Å². The van der Waals surface area contributed by atoms with E-state index in [4.69, 9.17) is 18.5 Å². The Kier molecular flexibility index (Phi) is 31.0. The number of allylic oxidation sites excluding steroid dienone is 6. The van der Waals surface area contributed by atoms with Crippen LogP contribution in [0, 0.1) is 0 Å². The molecule has 8 N–H and O–H groups in total. The summed E-state index contributed by atoms with van der Waals surface area (Å²) in [5, 5.41) is 31.8. The molecule has 1 unspecified atom stereocenters. The number of unbranched alkanes of at least 4 members (excludes halogenated alkanes) is 15. The number of hydrogen-bond donors (Lipinski definition) is 8. The lowest BCUT2D eigenvalue weighted by atomic mass is 9.85. The monoisotopic (exact) mass is 950 g/mol. The Morgan fingerprint density at radius 2 is 1.00 bits per heavy atom. The zero-order chi connectivity index (χ0) is 46.4. The Morgan fingerprint density at radius 1 is 0.548 bits per heavy atom. The minimum Gasteiger partial charge on any atom is -0.462 e. The molecule has 1 aliphatic rings. The van der Waals surface area contributed by atoms with Gasteiger partial charge in [-0.25, -0.2) is 13.7 Å². The van der Waals surface area contributed by atoms with Crippen molar-refractivity contribution in [2.75, 3.05) is 13.2 Å². The number of hydrogen-bond acceptors (Lipinski definition) is 14. The van der Waals surface area contributed by atoms with Crippen LogP contribution in [0.1, 0.15) is 149 Å². The van der Waals surface area contributed by atoms with Gasteiger partial charge in [-0.15, -0.1) is 0 Å². The minimum absolute atomic E-state index is 0.0720. The lowest BCUT2D eigenvalue weighted by Gasteiger charge is -2.44. The van der Waals surface area contributed by atoms with Gasteiger partial charge in [-0.2, -0.15) is 0 Å². The Bertz CT molecular complexity index is 1460. The number of phosphoric ester groups is 3. The van der Waals surface area contributed by atoms with E-state index in [0.29, 0.717) is 25.7 Å². The third-order valence-electron chi connectivity index (χ3n) is 9.79. The van der Waals surface area contributed by atoms with Crippen LogP contribution in [-0.4, -0.2) is 108 Å². The molecule has 0 aromatic heterocycles. The topological polar surface area (TPSA) is 303 Å². The van der Waals surface area contributed by atoms with Crippen molar-refractivity contribution in [3.63, 3.8) is 0 Å². The third-order valence-corrected chi connectivity index (χ3v) is 11.8. The van der Waals surface area contributed by atoms with Gasteiger partial charge < -0.3 is 49.3 Å². The zero-order valence-corrected chi connectivity index (χ0v) is 38.9. The number of phosphoric acid groups is 3. The highest BCUT2D eigenvalue weighted by molar-refractivity contribution is 7.47. The van der Waals surface area contributed by atoms with Crippen molar-refractivity contribution in [1.29, 1.82) is 0 Å². The molecular weight excluding hydrogens is 877 g/mol. The van der Waals surface area contributed by atoms with Gasteiger partial charge in [-0.1, -0.05) is 133 Å². The van der Waals surface area contributed by atoms with Crippen molar-refractivity contribution >= 4 is 35.4 Å². The van der Waals surface area contributed by atoms with Crippen molar-refractivity contribution in [3.8, 4) is 0 Å². The van der Waals surface area contributed by atoms with Gasteiger partial charge in [0.05, 0.1) is 6.61 Å².